The van der Waals surface area contributed by atoms with Gasteiger partial charge in [0.15, 0.2) is 5.82 Å². The quantitative estimate of drug-likeness (QED) is 0.702. The van der Waals surface area contributed by atoms with E-state index in [0.29, 0.717) is 5.92 Å². The van der Waals surface area contributed by atoms with E-state index in [0.717, 1.165) is 37.0 Å². The molecule has 3 nitrogen and oxygen atoms in total. The van der Waals surface area contributed by atoms with Gasteiger partial charge < -0.3 is 5.32 Å². The standard InChI is InChI=1S/C14H17Br2N3S/c1-5-17-14-11(7(2)3)8(4)18-13(19-14)10-6-9(15)12(16)20-10/h6-7H,5H2,1-4H3,(H,17,18,19). The molecule has 0 unspecified atom stereocenters. The van der Waals surface area contributed by atoms with Crippen LogP contribution in [-0.4, -0.2) is 16.5 Å². The zero-order chi connectivity index (χ0) is 14.9. The molecule has 0 aliphatic rings. The summed E-state index contributed by atoms with van der Waals surface area (Å²) in [5, 5.41) is 3.36. The third-order valence-electron chi connectivity index (χ3n) is 2.92. The highest BCUT2D eigenvalue weighted by Gasteiger charge is 2.17. The van der Waals surface area contributed by atoms with Crippen molar-refractivity contribution >= 4 is 49.0 Å². The fourth-order valence-electron chi connectivity index (χ4n) is 2.14. The minimum atomic E-state index is 0.403. The minimum absolute atomic E-state index is 0.403. The summed E-state index contributed by atoms with van der Waals surface area (Å²) < 4.78 is 2.10. The zero-order valence-electron chi connectivity index (χ0n) is 11.9. The Morgan fingerprint density at radius 2 is 2.00 bits per heavy atom. The molecule has 0 spiro atoms. The predicted octanol–water partition coefficient (Wildman–Crippen LogP) is 5.59. The third kappa shape index (κ3) is 3.23. The second-order valence-corrected chi connectivity index (χ2v) is 8.04. The van der Waals surface area contributed by atoms with Crippen LogP contribution in [0.3, 0.4) is 0 Å². The second kappa shape index (κ2) is 6.54. The molecule has 0 aliphatic heterocycles. The number of hydrogen-bond acceptors (Lipinski definition) is 4. The first-order valence-corrected chi connectivity index (χ1v) is 8.91. The van der Waals surface area contributed by atoms with Crippen molar-refractivity contribution < 1.29 is 0 Å². The van der Waals surface area contributed by atoms with Crippen molar-refractivity contribution in [3.63, 3.8) is 0 Å². The predicted molar refractivity (Wildman–Crippen MR) is 93.7 cm³/mol. The molecule has 2 aromatic rings. The average molecular weight is 419 g/mol. The number of hydrogen-bond donors (Lipinski definition) is 1. The molecule has 0 atom stereocenters. The summed E-state index contributed by atoms with van der Waals surface area (Å²) in [5.74, 6) is 2.13. The number of halogens is 2. The topological polar surface area (TPSA) is 37.8 Å². The molecule has 0 aliphatic carbocycles. The molecule has 2 aromatic heterocycles. The monoisotopic (exact) mass is 417 g/mol. The van der Waals surface area contributed by atoms with E-state index in [1.807, 2.05) is 6.07 Å². The lowest BCUT2D eigenvalue weighted by Gasteiger charge is -2.16. The molecule has 2 rings (SSSR count). The van der Waals surface area contributed by atoms with Crippen LogP contribution >= 0.6 is 43.2 Å². The van der Waals surface area contributed by atoms with Gasteiger partial charge >= 0.3 is 0 Å². The Hall–Kier alpha value is -0.460. The summed E-state index contributed by atoms with van der Waals surface area (Å²) in [6, 6.07) is 2.05. The van der Waals surface area contributed by atoms with Gasteiger partial charge in [-0.1, -0.05) is 13.8 Å². The summed E-state index contributed by atoms with van der Waals surface area (Å²) in [7, 11) is 0. The summed E-state index contributed by atoms with van der Waals surface area (Å²) in [5.41, 5.74) is 2.24. The van der Waals surface area contributed by atoms with Crippen molar-refractivity contribution in [2.24, 2.45) is 0 Å². The lowest BCUT2D eigenvalue weighted by molar-refractivity contribution is 0.831. The van der Waals surface area contributed by atoms with E-state index >= 15 is 0 Å². The van der Waals surface area contributed by atoms with Crippen LogP contribution in [-0.2, 0) is 0 Å². The Bertz CT molecular complexity index is 604. The van der Waals surface area contributed by atoms with Gasteiger partial charge in [0.25, 0.3) is 0 Å². The number of nitrogens with zero attached hydrogens (tertiary/aromatic N) is 2. The highest BCUT2D eigenvalue weighted by atomic mass is 79.9. The van der Waals surface area contributed by atoms with Gasteiger partial charge in [0, 0.05) is 22.3 Å². The van der Waals surface area contributed by atoms with Crippen molar-refractivity contribution in [3.8, 4) is 10.7 Å². The van der Waals surface area contributed by atoms with Crippen LogP contribution in [0.1, 0.15) is 37.9 Å². The normalized spacial score (nSPS) is 11.2. The van der Waals surface area contributed by atoms with Crippen molar-refractivity contribution in [3.05, 3.63) is 25.6 Å². The largest absolute Gasteiger partial charge is 0.370 e. The Morgan fingerprint density at radius 3 is 2.50 bits per heavy atom. The third-order valence-corrected chi connectivity index (χ3v) is 6.18. The highest BCUT2D eigenvalue weighted by Crippen LogP contribution is 2.38. The van der Waals surface area contributed by atoms with Crippen LogP contribution in [0.4, 0.5) is 5.82 Å². The van der Waals surface area contributed by atoms with Crippen LogP contribution < -0.4 is 5.32 Å². The molecule has 108 valence electrons. The molecule has 1 N–H and O–H groups in total. The van der Waals surface area contributed by atoms with E-state index in [-0.39, 0.29) is 0 Å². The van der Waals surface area contributed by atoms with Gasteiger partial charge in [-0.05, 0) is 57.7 Å². The molecule has 0 aromatic carbocycles. The van der Waals surface area contributed by atoms with E-state index in [2.05, 4.69) is 69.9 Å². The lowest BCUT2D eigenvalue weighted by Crippen LogP contribution is -2.09. The van der Waals surface area contributed by atoms with Crippen molar-refractivity contribution in [2.45, 2.75) is 33.6 Å². The van der Waals surface area contributed by atoms with Gasteiger partial charge in [-0.15, -0.1) is 11.3 Å². The minimum Gasteiger partial charge on any atom is -0.370 e. The molecule has 6 heteroatoms. The molecular formula is C14H17Br2N3S. The number of aryl methyl sites for hydroxylation is 1. The Kier molecular flexibility index (Phi) is 5.20. The average Bonchev–Trinajstić information content (AvgIpc) is 2.69. The molecule has 0 saturated carbocycles. The van der Waals surface area contributed by atoms with Crippen molar-refractivity contribution in [1.82, 2.24) is 9.97 Å². The molecule has 0 amide bonds. The summed E-state index contributed by atoms with van der Waals surface area (Å²) in [4.78, 5) is 10.5. The second-order valence-electron chi connectivity index (χ2n) is 4.81. The number of thiophene rings is 1. The number of nitrogens with one attached hydrogen (secondary N) is 1. The van der Waals surface area contributed by atoms with Gasteiger partial charge in [-0.2, -0.15) is 0 Å². The first-order valence-electron chi connectivity index (χ1n) is 6.51. The molecule has 2 heterocycles. The smallest absolute Gasteiger partial charge is 0.171 e. The van der Waals surface area contributed by atoms with Crippen molar-refractivity contribution in [1.29, 1.82) is 0 Å². The lowest BCUT2D eigenvalue weighted by atomic mass is 10.0. The molecule has 0 saturated heterocycles. The fraction of sp³-hybridized carbons (Fsp3) is 0.429. The van der Waals surface area contributed by atoms with Gasteiger partial charge in [-0.25, -0.2) is 9.97 Å². The van der Waals surface area contributed by atoms with E-state index in [9.17, 15) is 0 Å². The van der Waals surface area contributed by atoms with Gasteiger partial charge in [0.1, 0.15) is 5.82 Å². The van der Waals surface area contributed by atoms with E-state index in [1.165, 1.54) is 5.56 Å². The summed E-state index contributed by atoms with van der Waals surface area (Å²) >= 11 is 8.66. The first kappa shape index (κ1) is 15.9. The van der Waals surface area contributed by atoms with E-state index in [1.54, 1.807) is 11.3 Å². The van der Waals surface area contributed by atoms with Gasteiger partial charge in [0.05, 0.1) is 8.66 Å². The molecule has 0 fully saturated rings. The molecule has 0 radical (unpaired) electrons. The maximum absolute atomic E-state index is 4.72. The maximum Gasteiger partial charge on any atom is 0.171 e. The van der Waals surface area contributed by atoms with Crippen LogP contribution in [0.5, 0.6) is 0 Å². The SMILES string of the molecule is CCNc1nc(-c2cc(Br)c(Br)s2)nc(C)c1C(C)C. The Labute approximate surface area is 140 Å². The Balaban J connectivity index is 2.56. The number of aromatic nitrogens is 2. The van der Waals surface area contributed by atoms with Crippen LogP contribution in [0.15, 0.2) is 14.3 Å². The van der Waals surface area contributed by atoms with Gasteiger partial charge in [0.2, 0.25) is 0 Å². The number of rotatable bonds is 4. The number of anilines is 1. The van der Waals surface area contributed by atoms with E-state index < -0.39 is 0 Å². The maximum atomic E-state index is 4.72. The van der Waals surface area contributed by atoms with Gasteiger partial charge in [-0.3, -0.25) is 0 Å². The van der Waals surface area contributed by atoms with E-state index in [4.69, 9.17) is 4.98 Å². The van der Waals surface area contributed by atoms with Crippen molar-refractivity contribution in [2.75, 3.05) is 11.9 Å². The highest BCUT2D eigenvalue weighted by molar-refractivity contribution is 9.13. The van der Waals surface area contributed by atoms with Crippen LogP contribution in [0.25, 0.3) is 10.7 Å². The Morgan fingerprint density at radius 1 is 1.30 bits per heavy atom. The molecular weight excluding hydrogens is 402 g/mol. The summed E-state index contributed by atoms with van der Waals surface area (Å²) in [6.07, 6.45) is 0. The molecule has 0 bridgehead atoms. The fourth-order valence-corrected chi connectivity index (χ4v) is 4.11. The van der Waals surface area contributed by atoms with Crippen LogP contribution in [0.2, 0.25) is 0 Å². The zero-order valence-corrected chi connectivity index (χ0v) is 15.9. The molecule has 20 heavy (non-hydrogen) atoms. The van der Waals surface area contributed by atoms with Crippen LogP contribution in [0, 0.1) is 6.92 Å². The first-order chi connectivity index (χ1) is 9.43. The summed E-state index contributed by atoms with van der Waals surface area (Å²) in [6.45, 7) is 9.33.